The third kappa shape index (κ3) is 3.88. The van der Waals surface area contributed by atoms with E-state index in [0.717, 1.165) is 12.0 Å². The summed E-state index contributed by atoms with van der Waals surface area (Å²) in [6.45, 7) is 1.98. The monoisotopic (exact) mass is 236 g/mol. The SMILES string of the molecule is C[C@H](NC(=O)c1ccc(CCN)cc1)C(=O)O. The summed E-state index contributed by atoms with van der Waals surface area (Å²) in [6, 6.07) is 6.05. The number of amides is 1. The van der Waals surface area contributed by atoms with Crippen molar-refractivity contribution in [2.45, 2.75) is 19.4 Å². The number of carboxylic acid groups (broad SMARTS) is 1. The van der Waals surface area contributed by atoms with Gasteiger partial charge >= 0.3 is 5.97 Å². The van der Waals surface area contributed by atoms with Crippen LogP contribution in [-0.4, -0.2) is 29.6 Å². The molecule has 0 aromatic heterocycles. The van der Waals surface area contributed by atoms with E-state index in [2.05, 4.69) is 5.32 Å². The van der Waals surface area contributed by atoms with Crippen LogP contribution < -0.4 is 11.1 Å². The van der Waals surface area contributed by atoms with E-state index in [1.165, 1.54) is 6.92 Å². The molecule has 0 radical (unpaired) electrons. The van der Waals surface area contributed by atoms with Crippen LogP contribution in [0, 0.1) is 0 Å². The second-order valence-electron chi connectivity index (χ2n) is 3.77. The molecule has 0 fully saturated rings. The van der Waals surface area contributed by atoms with Gasteiger partial charge in [0.25, 0.3) is 5.91 Å². The average Bonchev–Trinajstić information content (AvgIpc) is 2.30. The van der Waals surface area contributed by atoms with Gasteiger partial charge in [-0.2, -0.15) is 0 Å². The number of hydrogen-bond acceptors (Lipinski definition) is 3. The van der Waals surface area contributed by atoms with Gasteiger partial charge in [0.15, 0.2) is 0 Å². The Morgan fingerprint density at radius 1 is 1.35 bits per heavy atom. The number of aliphatic carboxylic acids is 1. The summed E-state index contributed by atoms with van der Waals surface area (Å²) in [5, 5.41) is 11.0. The molecule has 0 saturated heterocycles. The molecule has 0 aliphatic heterocycles. The van der Waals surface area contributed by atoms with E-state index >= 15 is 0 Å². The van der Waals surface area contributed by atoms with Gasteiger partial charge in [-0.3, -0.25) is 9.59 Å². The van der Waals surface area contributed by atoms with Gasteiger partial charge < -0.3 is 16.2 Å². The van der Waals surface area contributed by atoms with Crippen LogP contribution in [0.3, 0.4) is 0 Å². The third-order valence-corrected chi connectivity index (χ3v) is 2.37. The van der Waals surface area contributed by atoms with Crippen molar-refractivity contribution >= 4 is 11.9 Å². The molecule has 0 heterocycles. The van der Waals surface area contributed by atoms with Gasteiger partial charge in [0.2, 0.25) is 0 Å². The molecule has 0 bridgehead atoms. The summed E-state index contributed by atoms with van der Waals surface area (Å²) in [5.74, 6) is -1.45. The molecular formula is C12H16N2O3. The van der Waals surface area contributed by atoms with E-state index in [0.29, 0.717) is 12.1 Å². The highest BCUT2D eigenvalue weighted by Crippen LogP contribution is 2.05. The van der Waals surface area contributed by atoms with Crippen molar-refractivity contribution in [2.75, 3.05) is 6.54 Å². The molecule has 1 atom stereocenters. The van der Waals surface area contributed by atoms with Crippen molar-refractivity contribution < 1.29 is 14.7 Å². The second-order valence-corrected chi connectivity index (χ2v) is 3.77. The number of nitrogens with one attached hydrogen (secondary N) is 1. The summed E-state index contributed by atoms with van der Waals surface area (Å²) in [4.78, 5) is 22.2. The molecular weight excluding hydrogens is 220 g/mol. The van der Waals surface area contributed by atoms with Gasteiger partial charge in [0, 0.05) is 5.56 Å². The maximum Gasteiger partial charge on any atom is 0.325 e. The van der Waals surface area contributed by atoms with Gasteiger partial charge in [-0.25, -0.2) is 0 Å². The number of carboxylic acids is 1. The van der Waals surface area contributed by atoms with Crippen LogP contribution >= 0.6 is 0 Å². The van der Waals surface area contributed by atoms with Crippen molar-refractivity contribution in [2.24, 2.45) is 5.73 Å². The molecule has 5 heteroatoms. The minimum Gasteiger partial charge on any atom is -0.480 e. The van der Waals surface area contributed by atoms with Crippen LogP contribution in [-0.2, 0) is 11.2 Å². The lowest BCUT2D eigenvalue weighted by atomic mass is 10.1. The van der Waals surface area contributed by atoms with Crippen LogP contribution in [0.1, 0.15) is 22.8 Å². The average molecular weight is 236 g/mol. The Balaban J connectivity index is 2.66. The molecule has 4 N–H and O–H groups in total. The largest absolute Gasteiger partial charge is 0.480 e. The third-order valence-electron chi connectivity index (χ3n) is 2.37. The van der Waals surface area contributed by atoms with Crippen molar-refractivity contribution in [1.29, 1.82) is 0 Å². The fraction of sp³-hybridized carbons (Fsp3) is 0.333. The maximum absolute atomic E-state index is 11.6. The molecule has 0 saturated carbocycles. The lowest BCUT2D eigenvalue weighted by Gasteiger charge is -2.09. The van der Waals surface area contributed by atoms with Gasteiger partial charge in [-0.1, -0.05) is 12.1 Å². The van der Waals surface area contributed by atoms with Crippen LogP contribution in [0.25, 0.3) is 0 Å². The number of hydrogen-bond donors (Lipinski definition) is 3. The minimum atomic E-state index is -1.06. The Morgan fingerprint density at radius 2 is 1.94 bits per heavy atom. The molecule has 92 valence electrons. The first-order valence-electron chi connectivity index (χ1n) is 5.37. The Kier molecular flexibility index (Phi) is 4.66. The molecule has 0 unspecified atom stereocenters. The zero-order valence-corrected chi connectivity index (χ0v) is 9.64. The Morgan fingerprint density at radius 3 is 2.41 bits per heavy atom. The number of carbonyl (C=O) groups excluding carboxylic acids is 1. The van der Waals surface area contributed by atoms with Crippen LogP contribution in [0.2, 0.25) is 0 Å². The number of benzene rings is 1. The van der Waals surface area contributed by atoms with Gasteiger partial charge in [0.1, 0.15) is 6.04 Å². The molecule has 0 spiro atoms. The number of carbonyl (C=O) groups is 2. The fourth-order valence-electron chi connectivity index (χ4n) is 1.33. The molecule has 17 heavy (non-hydrogen) atoms. The highest BCUT2D eigenvalue weighted by atomic mass is 16.4. The highest BCUT2D eigenvalue weighted by molar-refractivity contribution is 5.96. The standard InChI is InChI=1S/C12H16N2O3/c1-8(12(16)17)14-11(15)10-4-2-9(3-5-10)6-7-13/h2-5,8H,6-7,13H2,1H3,(H,14,15)(H,16,17)/t8-/m0/s1. The summed E-state index contributed by atoms with van der Waals surface area (Å²) < 4.78 is 0. The van der Waals surface area contributed by atoms with Crippen molar-refractivity contribution in [3.05, 3.63) is 35.4 Å². The van der Waals surface area contributed by atoms with E-state index < -0.39 is 12.0 Å². The summed E-state index contributed by atoms with van der Waals surface area (Å²) >= 11 is 0. The number of nitrogens with two attached hydrogens (primary N) is 1. The molecule has 1 aromatic rings. The zero-order valence-electron chi connectivity index (χ0n) is 9.64. The lowest BCUT2D eigenvalue weighted by Crippen LogP contribution is -2.38. The first kappa shape index (κ1) is 13.2. The van der Waals surface area contributed by atoms with Gasteiger partial charge in [-0.15, -0.1) is 0 Å². The molecule has 0 aliphatic carbocycles. The lowest BCUT2D eigenvalue weighted by molar-refractivity contribution is -0.138. The topological polar surface area (TPSA) is 92.4 Å². The van der Waals surface area contributed by atoms with E-state index in [9.17, 15) is 9.59 Å². The van der Waals surface area contributed by atoms with Crippen molar-refractivity contribution in [3.63, 3.8) is 0 Å². The normalized spacial score (nSPS) is 11.9. The van der Waals surface area contributed by atoms with Gasteiger partial charge in [0.05, 0.1) is 0 Å². The summed E-state index contributed by atoms with van der Waals surface area (Å²) in [7, 11) is 0. The Hall–Kier alpha value is -1.88. The molecule has 1 rings (SSSR count). The molecule has 1 aromatic carbocycles. The van der Waals surface area contributed by atoms with E-state index in [1.807, 2.05) is 12.1 Å². The highest BCUT2D eigenvalue weighted by Gasteiger charge is 2.14. The predicted molar refractivity (Wildman–Crippen MR) is 63.8 cm³/mol. The van der Waals surface area contributed by atoms with Crippen LogP contribution in [0.5, 0.6) is 0 Å². The maximum atomic E-state index is 11.6. The number of rotatable bonds is 5. The molecule has 0 aliphatic rings. The zero-order chi connectivity index (χ0) is 12.8. The van der Waals surface area contributed by atoms with Crippen LogP contribution in [0.4, 0.5) is 0 Å². The quantitative estimate of drug-likeness (QED) is 0.689. The molecule has 1 amide bonds. The van der Waals surface area contributed by atoms with Crippen molar-refractivity contribution in [1.82, 2.24) is 5.32 Å². The second kappa shape index (κ2) is 6.00. The Bertz CT molecular complexity index is 401. The minimum absolute atomic E-state index is 0.390. The van der Waals surface area contributed by atoms with E-state index in [-0.39, 0.29) is 5.91 Å². The smallest absolute Gasteiger partial charge is 0.325 e. The first-order valence-corrected chi connectivity index (χ1v) is 5.37. The van der Waals surface area contributed by atoms with Gasteiger partial charge in [-0.05, 0) is 37.6 Å². The summed E-state index contributed by atoms with van der Waals surface area (Å²) in [6.07, 6.45) is 0.757. The van der Waals surface area contributed by atoms with E-state index in [4.69, 9.17) is 10.8 Å². The fourth-order valence-corrected chi connectivity index (χ4v) is 1.33. The Labute approximate surface area is 99.6 Å². The van der Waals surface area contributed by atoms with Crippen molar-refractivity contribution in [3.8, 4) is 0 Å². The summed E-state index contributed by atoms with van der Waals surface area (Å²) in [5.41, 5.74) is 6.91. The first-order chi connectivity index (χ1) is 8.04. The van der Waals surface area contributed by atoms with Crippen LogP contribution in [0.15, 0.2) is 24.3 Å². The predicted octanol–water partition coefficient (Wildman–Crippen LogP) is 0.391. The molecule has 5 nitrogen and oxygen atoms in total. The van der Waals surface area contributed by atoms with E-state index in [1.54, 1.807) is 12.1 Å².